The molecule has 0 radical (unpaired) electrons. The zero-order valence-electron chi connectivity index (χ0n) is 11.5. The standard InChI is InChI=1S/C15H13BrClNO3/c1-9-6-14(10(2)5-13(9)18(19)20)21-15-7-12(16)4-3-11(15)8-17/h3-7H,8H2,1-2H3. The Hall–Kier alpha value is -1.59. The van der Waals surface area contributed by atoms with Crippen LogP contribution in [-0.2, 0) is 5.88 Å². The van der Waals surface area contributed by atoms with Crippen molar-refractivity contribution in [3.63, 3.8) is 0 Å². The second kappa shape index (κ2) is 6.45. The lowest BCUT2D eigenvalue weighted by molar-refractivity contribution is -0.385. The summed E-state index contributed by atoms with van der Waals surface area (Å²) in [4.78, 5) is 10.5. The lowest BCUT2D eigenvalue weighted by atomic mass is 10.1. The van der Waals surface area contributed by atoms with Crippen LogP contribution in [0.25, 0.3) is 0 Å². The monoisotopic (exact) mass is 369 g/mol. The molecule has 110 valence electrons. The van der Waals surface area contributed by atoms with E-state index in [0.717, 1.165) is 10.0 Å². The van der Waals surface area contributed by atoms with Gasteiger partial charge in [-0.2, -0.15) is 0 Å². The summed E-state index contributed by atoms with van der Waals surface area (Å²) in [5.74, 6) is 1.55. The van der Waals surface area contributed by atoms with E-state index in [1.807, 2.05) is 18.2 Å². The van der Waals surface area contributed by atoms with Crippen molar-refractivity contribution in [1.29, 1.82) is 0 Å². The Morgan fingerprint density at radius 1 is 1.19 bits per heavy atom. The van der Waals surface area contributed by atoms with Gasteiger partial charge in [-0.05, 0) is 37.6 Å². The molecule has 0 heterocycles. The second-order valence-electron chi connectivity index (χ2n) is 4.65. The van der Waals surface area contributed by atoms with E-state index in [-0.39, 0.29) is 5.69 Å². The van der Waals surface area contributed by atoms with E-state index >= 15 is 0 Å². The maximum atomic E-state index is 10.9. The number of hydrogen-bond acceptors (Lipinski definition) is 3. The average molecular weight is 371 g/mol. The maximum absolute atomic E-state index is 10.9. The summed E-state index contributed by atoms with van der Waals surface area (Å²) in [5, 5.41) is 10.9. The summed E-state index contributed by atoms with van der Waals surface area (Å²) in [6.45, 7) is 3.47. The molecule has 0 N–H and O–H groups in total. The van der Waals surface area contributed by atoms with Crippen LogP contribution in [0.2, 0.25) is 0 Å². The van der Waals surface area contributed by atoms with Crippen molar-refractivity contribution in [2.24, 2.45) is 0 Å². The molecule has 0 unspecified atom stereocenters. The number of hydrogen-bond donors (Lipinski definition) is 0. The van der Waals surface area contributed by atoms with Gasteiger partial charge in [0.05, 0.1) is 10.8 Å². The van der Waals surface area contributed by atoms with Crippen molar-refractivity contribution < 1.29 is 9.66 Å². The molecule has 0 atom stereocenters. The molecule has 2 aromatic rings. The van der Waals surface area contributed by atoms with E-state index in [9.17, 15) is 10.1 Å². The molecular formula is C15H13BrClNO3. The highest BCUT2D eigenvalue weighted by molar-refractivity contribution is 9.10. The number of rotatable bonds is 4. The molecule has 4 nitrogen and oxygen atoms in total. The van der Waals surface area contributed by atoms with E-state index in [0.29, 0.717) is 28.5 Å². The van der Waals surface area contributed by atoms with E-state index in [4.69, 9.17) is 16.3 Å². The summed E-state index contributed by atoms with van der Waals surface area (Å²) in [7, 11) is 0. The van der Waals surface area contributed by atoms with Gasteiger partial charge in [0, 0.05) is 21.7 Å². The molecule has 0 saturated carbocycles. The number of halogens is 2. The Kier molecular flexibility index (Phi) is 4.85. The van der Waals surface area contributed by atoms with Gasteiger partial charge in [0.2, 0.25) is 0 Å². The minimum atomic E-state index is -0.393. The fraction of sp³-hybridized carbons (Fsp3) is 0.200. The molecule has 0 amide bonds. The van der Waals surface area contributed by atoms with Crippen LogP contribution < -0.4 is 4.74 Å². The van der Waals surface area contributed by atoms with E-state index in [2.05, 4.69) is 15.9 Å². The zero-order valence-corrected chi connectivity index (χ0v) is 13.9. The van der Waals surface area contributed by atoms with Gasteiger partial charge in [0.1, 0.15) is 11.5 Å². The van der Waals surface area contributed by atoms with E-state index in [1.165, 1.54) is 6.07 Å². The largest absolute Gasteiger partial charge is 0.457 e. The minimum Gasteiger partial charge on any atom is -0.457 e. The van der Waals surface area contributed by atoms with Gasteiger partial charge < -0.3 is 4.74 Å². The molecule has 2 aromatic carbocycles. The van der Waals surface area contributed by atoms with Gasteiger partial charge in [0.15, 0.2) is 0 Å². The molecule has 0 saturated heterocycles. The number of alkyl halides is 1. The van der Waals surface area contributed by atoms with Crippen molar-refractivity contribution >= 4 is 33.2 Å². The Labute approximate surface area is 136 Å². The Morgan fingerprint density at radius 2 is 1.90 bits per heavy atom. The molecule has 0 fully saturated rings. The summed E-state index contributed by atoms with van der Waals surface area (Å²) < 4.78 is 6.77. The van der Waals surface area contributed by atoms with E-state index < -0.39 is 4.92 Å². The first-order chi connectivity index (χ1) is 9.92. The van der Waals surface area contributed by atoms with Gasteiger partial charge in [-0.25, -0.2) is 0 Å². The first-order valence-corrected chi connectivity index (χ1v) is 7.53. The van der Waals surface area contributed by atoms with E-state index in [1.54, 1.807) is 19.9 Å². The van der Waals surface area contributed by atoms with Crippen molar-refractivity contribution in [1.82, 2.24) is 0 Å². The molecule has 0 aliphatic heterocycles. The highest BCUT2D eigenvalue weighted by Crippen LogP contribution is 2.34. The summed E-state index contributed by atoms with van der Waals surface area (Å²) >= 11 is 9.29. The van der Waals surface area contributed by atoms with Crippen molar-refractivity contribution in [2.75, 3.05) is 0 Å². The Balaban J connectivity index is 2.43. The fourth-order valence-electron chi connectivity index (χ4n) is 1.93. The second-order valence-corrected chi connectivity index (χ2v) is 5.83. The lowest BCUT2D eigenvalue weighted by Crippen LogP contribution is -1.96. The number of ether oxygens (including phenoxy) is 1. The third kappa shape index (κ3) is 3.54. The van der Waals surface area contributed by atoms with Crippen molar-refractivity contribution in [2.45, 2.75) is 19.7 Å². The quantitative estimate of drug-likeness (QED) is 0.405. The number of aryl methyl sites for hydroxylation is 2. The van der Waals surface area contributed by atoms with Crippen molar-refractivity contribution in [3.8, 4) is 11.5 Å². The number of nitrogens with zero attached hydrogens (tertiary/aromatic N) is 1. The predicted molar refractivity (Wildman–Crippen MR) is 86.3 cm³/mol. The first-order valence-electron chi connectivity index (χ1n) is 6.20. The SMILES string of the molecule is Cc1cc([N+](=O)[O-])c(C)cc1Oc1cc(Br)ccc1CCl. The van der Waals surface area contributed by atoms with Crippen molar-refractivity contribution in [3.05, 3.63) is 61.6 Å². The van der Waals surface area contributed by atoms with Crippen LogP contribution in [0.15, 0.2) is 34.8 Å². The van der Waals surface area contributed by atoms with Gasteiger partial charge in [-0.1, -0.05) is 22.0 Å². The third-order valence-corrected chi connectivity index (χ3v) is 3.86. The molecular weight excluding hydrogens is 358 g/mol. The molecule has 0 bridgehead atoms. The number of nitro benzene ring substituents is 1. The third-order valence-electron chi connectivity index (χ3n) is 3.08. The molecule has 21 heavy (non-hydrogen) atoms. The van der Waals surface area contributed by atoms with Crippen LogP contribution in [0.3, 0.4) is 0 Å². The van der Waals surface area contributed by atoms with Gasteiger partial charge in [-0.3, -0.25) is 10.1 Å². The fourth-order valence-corrected chi connectivity index (χ4v) is 2.49. The van der Waals surface area contributed by atoms with Crippen LogP contribution in [0, 0.1) is 24.0 Å². The van der Waals surface area contributed by atoms with Crippen LogP contribution >= 0.6 is 27.5 Å². The Bertz CT molecular complexity index is 704. The molecule has 0 aliphatic rings. The summed E-state index contributed by atoms with van der Waals surface area (Å²) in [5.41, 5.74) is 2.21. The van der Waals surface area contributed by atoms with Crippen LogP contribution in [-0.4, -0.2) is 4.92 Å². The zero-order chi connectivity index (χ0) is 15.6. The van der Waals surface area contributed by atoms with Crippen LogP contribution in [0.5, 0.6) is 11.5 Å². The maximum Gasteiger partial charge on any atom is 0.272 e. The number of benzene rings is 2. The summed E-state index contributed by atoms with van der Waals surface area (Å²) in [6.07, 6.45) is 0. The number of nitro groups is 1. The molecule has 0 spiro atoms. The lowest BCUT2D eigenvalue weighted by Gasteiger charge is -2.13. The Morgan fingerprint density at radius 3 is 2.52 bits per heavy atom. The van der Waals surface area contributed by atoms with Gasteiger partial charge in [-0.15, -0.1) is 11.6 Å². The molecule has 6 heteroatoms. The topological polar surface area (TPSA) is 52.4 Å². The molecule has 2 rings (SSSR count). The highest BCUT2D eigenvalue weighted by atomic mass is 79.9. The minimum absolute atomic E-state index is 0.0895. The summed E-state index contributed by atoms with van der Waals surface area (Å²) in [6, 6.07) is 8.78. The predicted octanol–water partition coefficient (Wildman–Crippen LogP) is 5.51. The average Bonchev–Trinajstić information content (AvgIpc) is 2.42. The van der Waals surface area contributed by atoms with Gasteiger partial charge in [0.25, 0.3) is 5.69 Å². The first kappa shape index (κ1) is 15.8. The van der Waals surface area contributed by atoms with Crippen LogP contribution in [0.1, 0.15) is 16.7 Å². The van der Waals surface area contributed by atoms with Crippen LogP contribution in [0.4, 0.5) is 5.69 Å². The normalized spacial score (nSPS) is 10.5. The molecule has 0 aromatic heterocycles. The smallest absolute Gasteiger partial charge is 0.272 e. The van der Waals surface area contributed by atoms with Gasteiger partial charge >= 0.3 is 0 Å². The molecule has 0 aliphatic carbocycles. The highest BCUT2D eigenvalue weighted by Gasteiger charge is 2.15.